The van der Waals surface area contributed by atoms with Gasteiger partial charge in [-0.15, -0.1) is 0 Å². The summed E-state index contributed by atoms with van der Waals surface area (Å²) >= 11 is 5.69. The second-order valence-electron chi connectivity index (χ2n) is 4.14. The van der Waals surface area contributed by atoms with Gasteiger partial charge < -0.3 is 5.11 Å². The van der Waals surface area contributed by atoms with Crippen LogP contribution in [0.4, 0.5) is 5.69 Å². The van der Waals surface area contributed by atoms with Crippen LogP contribution in [0.2, 0.25) is 5.02 Å². The number of nitrogens with one attached hydrogen (secondary N) is 1. The normalized spacial score (nSPS) is 10.6. The van der Waals surface area contributed by atoms with E-state index in [1.807, 2.05) is 4.98 Å². The number of hydrogen-bond donors (Lipinski definition) is 2. The maximum absolute atomic E-state index is 11.8. The van der Waals surface area contributed by atoms with Gasteiger partial charge in [0.2, 0.25) is 5.88 Å². The maximum atomic E-state index is 11.8. The number of nitrogens with zero attached hydrogens (tertiary/aromatic N) is 2. The molecule has 0 aliphatic carbocycles. The van der Waals surface area contributed by atoms with E-state index in [9.17, 15) is 24.8 Å². The largest absolute Gasteiger partial charge is 0.494 e. The minimum Gasteiger partial charge on any atom is -0.494 e. The van der Waals surface area contributed by atoms with Crippen molar-refractivity contribution in [2.45, 2.75) is 13.3 Å². The van der Waals surface area contributed by atoms with Crippen LogP contribution in [-0.4, -0.2) is 19.6 Å². The van der Waals surface area contributed by atoms with Crippen LogP contribution in [0.1, 0.15) is 12.5 Å². The van der Waals surface area contributed by atoms with Crippen molar-refractivity contribution in [3.05, 3.63) is 59.7 Å². The molecule has 0 amide bonds. The summed E-state index contributed by atoms with van der Waals surface area (Å²) in [5.74, 6) is -0.553. The van der Waals surface area contributed by atoms with Crippen LogP contribution in [0.3, 0.4) is 0 Å². The van der Waals surface area contributed by atoms with Gasteiger partial charge in [0.15, 0.2) is 0 Å². The molecule has 8 nitrogen and oxygen atoms in total. The third kappa shape index (κ3) is 2.52. The van der Waals surface area contributed by atoms with Crippen molar-refractivity contribution >= 4 is 17.3 Å². The number of nitro benzene ring substituents is 1. The van der Waals surface area contributed by atoms with Crippen molar-refractivity contribution in [1.29, 1.82) is 0 Å². The molecule has 9 heteroatoms. The first-order valence-corrected chi connectivity index (χ1v) is 6.26. The van der Waals surface area contributed by atoms with Gasteiger partial charge in [0.05, 0.1) is 16.2 Å². The Morgan fingerprint density at radius 3 is 2.67 bits per heavy atom. The number of aromatic amines is 1. The molecule has 0 saturated carbocycles. The van der Waals surface area contributed by atoms with Crippen LogP contribution >= 0.6 is 11.6 Å². The smallest absolute Gasteiger partial charge is 0.335 e. The van der Waals surface area contributed by atoms with Gasteiger partial charge in [-0.25, -0.2) is 9.36 Å². The van der Waals surface area contributed by atoms with E-state index < -0.39 is 27.7 Å². The molecule has 1 heterocycles. The number of H-pyrrole nitrogens is 1. The highest BCUT2D eigenvalue weighted by atomic mass is 35.5. The van der Waals surface area contributed by atoms with Gasteiger partial charge in [0.25, 0.3) is 11.2 Å². The second kappa shape index (κ2) is 5.41. The van der Waals surface area contributed by atoms with Crippen molar-refractivity contribution < 1.29 is 10.0 Å². The summed E-state index contributed by atoms with van der Waals surface area (Å²) < 4.78 is 0.781. The van der Waals surface area contributed by atoms with Crippen molar-refractivity contribution in [3.8, 4) is 11.6 Å². The number of rotatable bonds is 3. The molecular weight excluding hydrogens is 302 g/mol. The van der Waals surface area contributed by atoms with Crippen LogP contribution in [0.25, 0.3) is 5.69 Å². The van der Waals surface area contributed by atoms with Crippen LogP contribution in [0.15, 0.2) is 27.8 Å². The average molecular weight is 312 g/mol. The number of aromatic nitrogens is 2. The van der Waals surface area contributed by atoms with Crippen LogP contribution in [-0.2, 0) is 6.42 Å². The molecule has 2 N–H and O–H groups in total. The number of halogens is 1. The predicted octanol–water partition coefficient (Wildman–Crippen LogP) is 1.36. The third-order valence-corrected chi connectivity index (χ3v) is 3.24. The molecule has 2 aromatic rings. The Morgan fingerprint density at radius 1 is 1.43 bits per heavy atom. The quantitative estimate of drug-likeness (QED) is 0.655. The molecule has 0 fully saturated rings. The van der Waals surface area contributed by atoms with E-state index in [2.05, 4.69) is 0 Å². The van der Waals surface area contributed by atoms with E-state index in [0.717, 1.165) is 10.6 Å². The van der Waals surface area contributed by atoms with Crippen molar-refractivity contribution in [2.24, 2.45) is 0 Å². The Morgan fingerprint density at radius 2 is 2.10 bits per heavy atom. The summed E-state index contributed by atoms with van der Waals surface area (Å²) in [7, 11) is 0. The molecule has 1 aromatic heterocycles. The van der Waals surface area contributed by atoms with Crippen molar-refractivity contribution in [1.82, 2.24) is 9.55 Å². The predicted molar refractivity (Wildman–Crippen MR) is 75.4 cm³/mol. The first kappa shape index (κ1) is 14.8. The molecule has 0 aliphatic rings. The molecule has 0 saturated heterocycles. The van der Waals surface area contributed by atoms with E-state index in [4.69, 9.17) is 11.6 Å². The van der Waals surface area contributed by atoms with Gasteiger partial charge in [0.1, 0.15) is 5.02 Å². The first-order valence-electron chi connectivity index (χ1n) is 5.88. The van der Waals surface area contributed by atoms with Crippen LogP contribution in [0, 0.1) is 10.1 Å². The molecule has 0 aliphatic heterocycles. The number of aromatic hydroxyl groups is 1. The van der Waals surface area contributed by atoms with Gasteiger partial charge in [-0.1, -0.05) is 18.5 Å². The number of hydrogen-bond acceptors (Lipinski definition) is 5. The summed E-state index contributed by atoms with van der Waals surface area (Å²) in [6.45, 7) is 1.63. The number of nitro groups is 1. The van der Waals surface area contributed by atoms with Gasteiger partial charge in [-0.05, 0) is 18.6 Å². The molecular formula is C12H10ClN3O5. The fourth-order valence-electron chi connectivity index (χ4n) is 1.90. The Hall–Kier alpha value is -2.61. The second-order valence-corrected chi connectivity index (χ2v) is 4.55. The zero-order chi connectivity index (χ0) is 15.7. The van der Waals surface area contributed by atoms with E-state index in [1.165, 1.54) is 12.1 Å². The number of benzene rings is 1. The van der Waals surface area contributed by atoms with Gasteiger partial charge in [-0.2, -0.15) is 0 Å². The fraction of sp³-hybridized carbons (Fsp3) is 0.167. The van der Waals surface area contributed by atoms with Crippen molar-refractivity contribution in [3.63, 3.8) is 0 Å². The lowest BCUT2D eigenvalue weighted by atomic mass is 10.2. The summed E-state index contributed by atoms with van der Waals surface area (Å²) in [5.41, 5.74) is -1.97. The Bertz CT molecular complexity index is 840. The monoisotopic (exact) mass is 311 g/mol. The minimum atomic E-state index is -0.897. The lowest BCUT2D eigenvalue weighted by Crippen LogP contribution is -2.31. The lowest BCUT2D eigenvalue weighted by molar-refractivity contribution is -0.384. The highest BCUT2D eigenvalue weighted by molar-refractivity contribution is 6.32. The zero-order valence-corrected chi connectivity index (χ0v) is 11.5. The van der Waals surface area contributed by atoms with Gasteiger partial charge in [0, 0.05) is 6.07 Å². The SMILES string of the molecule is CCc1c(O)n(-c2ccc(Cl)c([N+](=O)[O-])c2)c(=O)[nH]c1=O. The van der Waals surface area contributed by atoms with Crippen LogP contribution < -0.4 is 11.2 Å². The van der Waals surface area contributed by atoms with Crippen molar-refractivity contribution in [2.75, 3.05) is 0 Å². The molecule has 0 spiro atoms. The molecule has 21 heavy (non-hydrogen) atoms. The zero-order valence-electron chi connectivity index (χ0n) is 10.8. The van der Waals surface area contributed by atoms with E-state index >= 15 is 0 Å². The molecule has 0 bridgehead atoms. The highest BCUT2D eigenvalue weighted by Crippen LogP contribution is 2.27. The molecule has 0 atom stereocenters. The average Bonchev–Trinajstić information content (AvgIpc) is 2.40. The van der Waals surface area contributed by atoms with E-state index in [1.54, 1.807) is 6.92 Å². The molecule has 1 aromatic carbocycles. The fourth-order valence-corrected chi connectivity index (χ4v) is 2.09. The summed E-state index contributed by atoms with van der Waals surface area (Å²) in [5, 5.41) is 20.8. The third-order valence-electron chi connectivity index (χ3n) is 2.92. The molecule has 2 rings (SSSR count). The van der Waals surface area contributed by atoms with E-state index in [0.29, 0.717) is 0 Å². The van der Waals surface area contributed by atoms with Gasteiger partial charge >= 0.3 is 5.69 Å². The topological polar surface area (TPSA) is 118 Å². The Labute approximate surface area is 122 Å². The molecule has 0 radical (unpaired) electrons. The Kier molecular flexibility index (Phi) is 3.81. The first-order chi connectivity index (χ1) is 9.86. The van der Waals surface area contributed by atoms with Crippen LogP contribution in [0.5, 0.6) is 5.88 Å². The molecule has 110 valence electrons. The lowest BCUT2D eigenvalue weighted by Gasteiger charge is -2.10. The van der Waals surface area contributed by atoms with Gasteiger partial charge in [-0.3, -0.25) is 19.9 Å². The maximum Gasteiger partial charge on any atom is 0.335 e. The highest BCUT2D eigenvalue weighted by Gasteiger charge is 2.18. The summed E-state index contributed by atoms with van der Waals surface area (Å²) in [6.07, 6.45) is 0.192. The summed E-state index contributed by atoms with van der Waals surface area (Å²) in [6, 6.07) is 3.60. The molecule has 0 unspecified atom stereocenters. The summed E-state index contributed by atoms with van der Waals surface area (Å²) in [4.78, 5) is 35.6. The van der Waals surface area contributed by atoms with E-state index in [-0.39, 0.29) is 22.7 Å². The standard InChI is InChI=1S/C12H10ClN3O5/c1-2-7-10(17)14-12(19)15(11(7)18)6-3-4-8(13)9(5-6)16(20)21/h3-5,18H,2H2,1H3,(H,14,17,19). The minimum absolute atomic E-state index is 0.00667. The Balaban J connectivity index is 2.79.